The molecule has 0 saturated carbocycles. The number of nitrogens with zero attached hydrogens (tertiary/aromatic N) is 1. The summed E-state index contributed by atoms with van der Waals surface area (Å²) in [6.07, 6.45) is -5.75. The van der Waals surface area contributed by atoms with Gasteiger partial charge in [-0.25, -0.2) is 13.2 Å². The number of hydrogen-bond donors (Lipinski definition) is 4. The first-order chi connectivity index (χ1) is 17.3. The number of benzene rings is 3. The maximum Gasteiger partial charge on any atom is 0.416 e. The van der Waals surface area contributed by atoms with Crippen molar-refractivity contribution in [2.24, 2.45) is 16.5 Å². The summed E-state index contributed by atoms with van der Waals surface area (Å²) in [5.74, 6) is -4.50. The number of aliphatic imine (C=N–C) groups is 1. The zero-order chi connectivity index (χ0) is 27.3. The summed E-state index contributed by atoms with van der Waals surface area (Å²) in [7, 11) is 0. The Bertz CT molecular complexity index is 1300. The molecule has 1 amide bonds. The van der Waals surface area contributed by atoms with Crippen LogP contribution in [0.3, 0.4) is 0 Å². The van der Waals surface area contributed by atoms with Gasteiger partial charge in [0.2, 0.25) is 5.96 Å². The van der Waals surface area contributed by atoms with Crippen molar-refractivity contribution in [3.05, 3.63) is 99.8 Å². The van der Waals surface area contributed by atoms with Crippen molar-refractivity contribution in [3.8, 4) is 0 Å². The second kappa shape index (κ2) is 11.6. The lowest BCUT2D eigenvalue weighted by Gasteiger charge is -2.22. The quantitative estimate of drug-likeness (QED) is 0.145. The van der Waals surface area contributed by atoms with E-state index < -0.39 is 47.3 Å². The molecule has 6 nitrogen and oxygen atoms in total. The van der Waals surface area contributed by atoms with Crippen LogP contribution in [0, 0.1) is 17.5 Å². The standard InChI is InChI=1S/C24H20ClF6N5O/c25-15-8-16(26)10-17(9-15)34-23(36-22(37)13-4-5-18(27)19(28)7-13)35-21(33)11-20(32)12-2-1-3-14(6-12)24(29,30)31/h1-10,20-21H,11,32-33H2,(H2,34,35,36,37). The van der Waals surface area contributed by atoms with Crippen LogP contribution in [0.2, 0.25) is 5.02 Å². The molecule has 3 aromatic rings. The molecule has 0 bridgehead atoms. The van der Waals surface area contributed by atoms with E-state index in [1.54, 1.807) is 0 Å². The molecule has 0 aromatic heterocycles. The molecule has 0 saturated heterocycles. The molecule has 0 aliphatic carbocycles. The van der Waals surface area contributed by atoms with E-state index in [4.69, 9.17) is 23.1 Å². The smallest absolute Gasteiger partial charge is 0.341 e. The number of hydrogen-bond acceptors (Lipinski definition) is 3. The molecular formula is C24H20ClF6N5O. The van der Waals surface area contributed by atoms with Gasteiger partial charge in [0.05, 0.1) is 11.7 Å². The molecule has 2 unspecified atom stereocenters. The average molecular weight is 544 g/mol. The molecule has 3 aromatic carbocycles. The minimum absolute atomic E-state index is 0.0182. The number of anilines is 1. The first-order valence-corrected chi connectivity index (χ1v) is 11.0. The molecule has 0 heterocycles. The number of nitrogens with two attached hydrogens (primary N) is 2. The highest BCUT2D eigenvalue weighted by molar-refractivity contribution is 6.31. The molecule has 37 heavy (non-hydrogen) atoms. The number of alkyl halides is 3. The normalized spacial score (nSPS) is 13.7. The molecule has 0 aliphatic heterocycles. The van der Waals surface area contributed by atoms with E-state index in [1.807, 2.05) is 0 Å². The fourth-order valence-corrected chi connectivity index (χ4v) is 3.47. The van der Waals surface area contributed by atoms with Crippen LogP contribution in [0.15, 0.2) is 65.7 Å². The van der Waals surface area contributed by atoms with Crippen LogP contribution in [0.1, 0.15) is 33.9 Å². The van der Waals surface area contributed by atoms with Crippen molar-refractivity contribution >= 4 is 29.2 Å². The van der Waals surface area contributed by atoms with E-state index in [-0.39, 0.29) is 34.2 Å². The summed E-state index contributed by atoms with van der Waals surface area (Å²) >= 11 is 5.85. The van der Waals surface area contributed by atoms with Gasteiger partial charge in [0, 0.05) is 22.3 Å². The Morgan fingerprint density at radius 3 is 2.35 bits per heavy atom. The van der Waals surface area contributed by atoms with Crippen LogP contribution in [0.4, 0.5) is 32.0 Å². The number of carbonyl (C=O) groups excluding carboxylic acids is 1. The predicted octanol–water partition coefficient (Wildman–Crippen LogP) is 5.35. The van der Waals surface area contributed by atoms with Crippen molar-refractivity contribution in [1.29, 1.82) is 0 Å². The molecule has 13 heteroatoms. The van der Waals surface area contributed by atoms with Crippen molar-refractivity contribution in [2.45, 2.75) is 24.8 Å². The zero-order valence-electron chi connectivity index (χ0n) is 18.8. The summed E-state index contributed by atoms with van der Waals surface area (Å²) in [6.45, 7) is 0. The lowest BCUT2D eigenvalue weighted by molar-refractivity contribution is -0.137. The largest absolute Gasteiger partial charge is 0.416 e. The zero-order valence-corrected chi connectivity index (χ0v) is 19.5. The predicted molar refractivity (Wildman–Crippen MR) is 127 cm³/mol. The second-order valence-corrected chi connectivity index (χ2v) is 8.33. The molecule has 0 fully saturated rings. The second-order valence-electron chi connectivity index (χ2n) is 7.89. The molecule has 2 atom stereocenters. The minimum Gasteiger partial charge on any atom is -0.341 e. The highest BCUT2D eigenvalue weighted by Gasteiger charge is 2.31. The number of carbonyl (C=O) groups is 1. The molecule has 3 rings (SSSR count). The maximum absolute atomic E-state index is 13.8. The third-order valence-electron chi connectivity index (χ3n) is 4.98. The summed E-state index contributed by atoms with van der Waals surface area (Å²) in [6, 6.07) is 9.22. The Balaban J connectivity index is 1.83. The third-order valence-corrected chi connectivity index (χ3v) is 5.20. The van der Waals surface area contributed by atoms with E-state index in [2.05, 4.69) is 15.6 Å². The van der Waals surface area contributed by atoms with Crippen molar-refractivity contribution in [1.82, 2.24) is 5.32 Å². The Kier molecular flexibility index (Phi) is 8.79. The number of guanidine groups is 1. The van der Waals surface area contributed by atoms with Gasteiger partial charge in [0.25, 0.3) is 5.91 Å². The van der Waals surface area contributed by atoms with Crippen molar-refractivity contribution in [3.63, 3.8) is 0 Å². The van der Waals surface area contributed by atoms with Gasteiger partial charge in [-0.3, -0.25) is 4.79 Å². The van der Waals surface area contributed by atoms with Gasteiger partial charge in [-0.15, -0.1) is 0 Å². The average Bonchev–Trinajstić information content (AvgIpc) is 2.79. The lowest BCUT2D eigenvalue weighted by Crippen LogP contribution is -2.46. The maximum atomic E-state index is 13.8. The van der Waals surface area contributed by atoms with Crippen LogP contribution in [-0.4, -0.2) is 18.0 Å². The van der Waals surface area contributed by atoms with Crippen LogP contribution in [0.25, 0.3) is 0 Å². The van der Waals surface area contributed by atoms with Crippen molar-refractivity contribution in [2.75, 3.05) is 5.32 Å². The molecule has 0 radical (unpaired) electrons. The molecule has 6 N–H and O–H groups in total. The number of halogens is 7. The molecular weight excluding hydrogens is 524 g/mol. The summed E-state index contributed by atoms with van der Waals surface area (Å²) in [5.41, 5.74) is 11.1. The van der Waals surface area contributed by atoms with Crippen LogP contribution in [0.5, 0.6) is 0 Å². The Labute approximate surface area is 212 Å². The SMILES string of the molecule is NC(CC(N)c1cccc(C(F)(F)F)c1)N/C(=N\C(=O)c1ccc(F)c(F)c1)Nc1cc(F)cc(Cl)c1. The van der Waals surface area contributed by atoms with Crippen LogP contribution >= 0.6 is 11.6 Å². The van der Waals surface area contributed by atoms with E-state index in [0.29, 0.717) is 6.07 Å². The molecule has 0 aliphatic rings. The number of amides is 1. The van der Waals surface area contributed by atoms with Crippen LogP contribution < -0.4 is 22.1 Å². The first-order valence-electron chi connectivity index (χ1n) is 10.6. The summed E-state index contributed by atoms with van der Waals surface area (Å²) in [4.78, 5) is 16.3. The topological polar surface area (TPSA) is 106 Å². The van der Waals surface area contributed by atoms with E-state index >= 15 is 0 Å². The van der Waals surface area contributed by atoms with Gasteiger partial charge in [0.1, 0.15) is 5.82 Å². The first kappa shape index (κ1) is 28.0. The summed E-state index contributed by atoms with van der Waals surface area (Å²) < 4.78 is 79.6. The van der Waals surface area contributed by atoms with Gasteiger partial charge in [-0.1, -0.05) is 23.7 Å². The number of nitrogens with one attached hydrogen (secondary N) is 2. The highest BCUT2D eigenvalue weighted by atomic mass is 35.5. The Morgan fingerprint density at radius 2 is 1.70 bits per heavy atom. The fourth-order valence-electron chi connectivity index (χ4n) is 3.24. The molecule has 196 valence electrons. The third kappa shape index (κ3) is 7.94. The highest BCUT2D eigenvalue weighted by Crippen LogP contribution is 2.31. The number of rotatable bonds is 6. The summed E-state index contributed by atoms with van der Waals surface area (Å²) in [5, 5.41) is 5.27. The van der Waals surface area contributed by atoms with Crippen molar-refractivity contribution < 1.29 is 31.1 Å². The van der Waals surface area contributed by atoms with E-state index in [9.17, 15) is 31.1 Å². The molecule has 0 spiro atoms. The Morgan fingerprint density at radius 1 is 0.973 bits per heavy atom. The van der Waals surface area contributed by atoms with Gasteiger partial charge in [-0.05, 0) is 60.5 Å². The lowest BCUT2D eigenvalue weighted by atomic mass is 10.0. The van der Waals surface area contributed by atoms with Gasteiger partial charge in [-0.2, -0.15) is 18.2 Å². The fraction of sp³-hybridized carbons (Fsp3) is 0.167. The van der Waals surface area contributed by atoms with Gasteiger partial charge in [0.15, 0.2) is 11.6 Å². The van der Waals surface area contributed by atoms with Crippen LogP contribution in [-0.2, 0) is 6.18 Å². The van der Waals surface area contributed by atoms with E-state index in [1.165, 1.54) is 18.2 Å². The van der Waals surface area contributed by atoms with Gasteiger partial charge >= 0.3 is 6.18 Å². The Hall–Kier alpha value is -3.61. The monoisotopic (exact) mass is 543 g/mol. The van der Waals surface area contributed by atoms with Gasteiger partial charge < -0.3 is 22.1 Å². The van der Waals surface area contributed by atoms with E-state index in [0.717, 1.165) is 36.4 Å². The minimum atomic E-state index is -4.56.